The van der Waals surface area contributed by atoms with Crippen LogP contribution in [0.15, 0.2) is 30.3 Å². The van der Waals surface area contributed by atoms with E-state index in [0.717, 1.165) is 45.4 Å². The van der Waals surface area contributed by atoms with E-state index in [1.165, 1.54) is 5.56 Å². The lowest BCUT2D eigenvalue weighted by molar-refractivity contribution is -0.140. The number of hydrogen-bond acceptors (Lipinski definition) is 2. The lowest BCUT2D eigenvalue weighted by Crippen LogP contribution is -2.47. The van der Waals surface area contributed by atoms with Crippen LogP contribution in [-0.4, -0.2) is 41.4 Å². The van der Waals surface area contributed by atoms with Crippen LogP contribution >= 0.6 is 0 Å². The first kappa shape index (κ1) is 15.1. The Kier molecular flexibility index (Phi) is 4.80. The van der Waals surface area contributed by atoms with Gasteiger partial charge in [0.05, 0.1) is 12.5 Å². The standard InChI is InChI=1S/C19H24N2O/c1-2-3-7-12-20-14-17-10-11-18(15-20)21(19(17)22)13-16-8-5-4-6-9-16/h4-6,8-9,17-18H,2,10-15H2,1H3/t17-,18+/m0/s1. The van der Waals surface area contributed by atoms with Gasteiger partial charge in [-0.2, -0.15) is 0 Å². The lowest BCUT2D eigenvalue weighted by Gasteiger charge is -2.36. The Labute approximate surface area is 133 Å². The summed E-state index contributed by atoms with van der Waals surface area (Å²) < 4.78 is 0. The van der Waals surface area contributed by atoms with Gasteiger partial charge in [-0.1, -0.05) is 43.2 Å². The summed E-state index contributed by atoms with van der Waals surface area (Å²) in [4.78, 5) is 17.2. The molecule has 0 aliphatic carbocycles. The van der Waals surface area contributed by atoms with E-state index < -0.39 is 0 Å². The number of benzene rings is 1. The van der Waals surface area contributed by atoms with Crippen molar-refractivity contribution in [2.75, 3.05) is 19.6 Å². The number of carbonyl (C=O) groups excluding carboxylic acids is 1. The van der Waals surface area contributed by atoms with E-state index in [9.17, 15) is 4.79 Å². The molecule has 0 saturated carbocycles. The minimum atomic E-state index is 0.158. The number of carbonyl (C=O) groups is 1. The highest BCUT2D eigenvalue weighted by Gasteiger charge is 2.40. The zero-order chi connectivity index (χ0) is 15.4. The molecule has 3 saturated heterocycles. The van der Waals surface area contributed by atoms with Crippen LogP contribution in [0.25, 0.3) is 0 Å². The van der Waals surface area contributed by atoms with E-state index in [1.807, 2.05) is 18.2 Å². The van der Waals surface area contributed by atoms with Gasteiger partial charge in [0.2, 0.25) is 5.91 Å². The molecule has 3 aliphatic rings. The van der Waals surface area contributed by atoms with Gasteiger partial charge in [0.15, 0.2) is 0 Å². The van der Waals surface area contributed by atoms with E-state index in [0.29, 0.717) is 11.9 Å². The summed E-state index contributed by atoms with van der Waals surface area (Å²) in [5.41, 5.74) is 1.22. The molecule has 3 heterocycles. The molecule has 1 aromatic rings. The SMILES string of the molecule is CCC#CCN1C[C@@H]2CC[C@H](C1)N(Cc1ccccc1)C2=O. The smallest absolute Gasteiger partial charge is 0.227 e. The van der Waals surface area contributed by atoms with Crippen LogP contribution in [0.3, 0.4) is 0 Å². The van der Waals surface area contributed by atoms with Crippen molar-refractivity contribution in [3.8, 4) is 11.8 Å². The summed E-state index contributed by atoms with van der Waals surface area (Å²) in [5.74, 6) is 6.86. The van der Waals surface area contributed by atoms with Crippen molar-refractivity contribution in [1.29, 1.82) is 0 Å². The second-order valence-electron chi connectivity index (χ2n) is 6.28. The zero-order valence-electron chi connectivity index (χ0n) is 13.3. The molecule has 22 heavy (non-hydrogen) atoms. The van der Waals surface area contributed by atoms with Crippen molar-refractivity contribution in [3.63, 3.8) is 0 Å². The van der Waals surface area contributed by atoms with Gasteiger partial charge in [-0.3, -0.25) is 9.69 Å². The van der Waals surface area contributed by atoms with Gasteiger partial charge in [0.1, 0.15) is 0 Å². The second kappa shape index (κ2) is 6.98. The Morgan fingerprint density at radius 3 is 2.73 bits per heavy atom. The third-order valence-corrected chi connectivity index (χ3v) is 4.67. The molecular weight excluding hydrogens is 272 g/mol. The van der Waals surface area contributed by atoms with Gasteiger partial charge >= 0.3 is 0 Å². The van der Waals surface area contributed by atoms with E-state index >= 15 is 0 Å². The minimum absolute atomic E-state index is 0.158. The number of amides is 1. The summed E-state index contributed by atoms with van der Waals surface area (Å²) in [6.45, 7) is 5.46. The van der Waals surface area contributed by atoms with Crippen LogP contribution in [0.1, 0.15) is 31.7 Å². The maximum atomic E-state index is 12.8. The molecule has 116 valence electrons. The summed E-state index contributed by atoms with van der Waals surface area (Å²) in [5, 5.41) is 0. The highest BCUT2D eigenvalue weighted by atomic mass is 16.2. The maximum absolute atomic E-state index is 12.8. The number of rotatable bonds is 3. The molecule has 2 bridgehead atoms. The maximum Gasteiger partial charge on any atom is 0.227 e. The molecule has 0 aromatic heterocycles. The summed E-state index contributed by atoms with van der Waals surface area (Å²) in [6, 6.07) is 10.7. The predicted molar refractivity (Wildman–Crippen MR) is 88.0 cm³/mol. The van der Waals surface area contributed by atoms with Crippen LogP contribution in [0, 0.1) is 17.8 Å². The molecule has 0 N–H and O–H groups in total. The van der Waals surface area contributed by atoms with Crippen molar-refractivity contribution in [2.24, 2.45) is 5.92 Å². The molecule has 1 aromatic carbocycles. The van der Waals surface area contributed by atoms with Gasteiger partial charge in [-0.25, -0.2) is 0 Å². The first-order chi connectivity index (χ1) is 10.8. The van der Waals surface area contributed by atoms with Gasteiger partial charge < -0.3 is 4.90 Å². The Bertz CT molecular complexity index is 572. The van der Waals surface area contributed by atoms with Crippen LogP contribution < -0.4 is 0 Å². The number of hydrogen-bond donors (Lipinski definition) is 0. The first-order valence-corrected chi connectivity index (χ1v) is 8.30. The van der Waals surface area contributed by atoms with Crippen molar-refractivity contribution < 1.29 is 4.79 Å². The average Bonchev–Trinajstić information content (AvgIpc) is 2.81. The molecule has 3 aliphatic heterocycles. The molecule has 3 fully saturated rings. The minimum Gasteiger partial charge on any atom is -0.334 e. The fraction of sp³-hybridized carbons (Fsp3) is 0.526. The molecule has 0 radical (unpaired) electrons. The highest BCUT2D eigenvalue weighted by Crippen LogP contribution is 2.30. The van der Waals surface area contributed by atoms with Crippen LogP contribution in [0.2, 0.25) is 0 Å². The second-order valence-corrected chi connectivity index (χ2v) is 6.28. The van der Waals surface area contributed by atoms with Gasteiger partial charge in [0, 0.05) is 32.1 Å². The van der Waals surface area contributed by atoms with Crippen LogP contribution in [0.4, 0.5) is 0 Å². The number of piperidine rings is 1. The molecule has 1 amide bonds. The lowest BCUT2D eigenvalue weighted by atomic mass is 9.93. The van der Waals surface area contributed by atoms with Crippen molar-refractivity contribution >= 4 is 5.91 Å². The first-order valence-electron chi connectivity index (χ1n) is 8.30. The predicted octanol–water partition coefficient (Wildman–Crippen LogP) is 2.52. The van der Waals surface area contributed by atoms with Crippen LogP contribution in [-0.2, 0) is 11.3 Å². The Morgan fingerprint density at radius 1 is 1.14 bits per heavy atom. The molecule has 3 nitrogen and oxygen atoms in total. The van der Waals surface area contributed by atoms with E-state index in [1.54, 1.807) is 0 Å². The van der Waals surface area contributed by atoms with Gasteiger partial charge in [-0.05, 0) is 18.4 Å². The fourth-order valence-corrected chi connectivity index (χ4v) is 3.54. The van der Waals surface area contributed by atoms with Crippen molar-refractivity contribution in [2.45, 2.75) is 38.8 Å². The number of nitrogens with zero attached hydrogens (tertiary/aromatic N) is 2. The average molecular weight is 296 g/mol. The number of fused-ring (bicyclic) bond motifs is 4. The monoisotopic (exact) mass is 296 g/mol. The zero-order valence-corrected chi connectivity index (χ0v) is 13.3. The molecule has 0 spiro atoms. The largest absolute Gasteiger partial charge is 0.334 e. The Balaban J connectivity index is 1.72. The Morgan fingerprint density at radius 2 is 1.95 bits per heavy atom. The third-order valence-electron chi connectivity index (χ3n) is 4.67. The third kappa shape index (κ3) is 3.34. The molecule has 4 rings (SSSR count). The Hall–Kier alpha value is -1.79. The van der Waals surface area contributed by atoms with Crippen LogP contribution in [0.5, 0.6) is 0 Å². The van der Waals surface area contributed by atoms with E-state index in [4.69, 9.17) is 0 Å². The molecule has 2 atom stereocenters. The van der Waals surface area contributed by atoms with E-state index in [2.05, 4.69) is 40.7 Å². The van der Waals surface area contributed by atoms with Gasteiger partial charge in [0.25, 0.3) is 0 Å². The molecule has 0 unspecified atom stereocenters. The normalized spacial score (nSPS) is 24.8. The summed E-state index contributed by atoms with van der Waals surface area (Å²) in [7, 11) is 0. The topological polar surface area (TPSA) is 23.6 Å². The quantitative estimate of drug-likeness (QED) is 0.800. The van der Waals surface area contributed by atoms with Crippen molar-refractivity contribution in [1.82, 2.24) is 9.80 Å². The van der Waals surface area contributed by atoms with Gasteiger partial charge in [-0.15, -0.1) is 5.92 Å². The fourth-order valence-electron chi connectivity index (χ4n) is 3.54. The molecule has 3 heteroatoms. The summed E-state index contributed by atoms with van der Waals surface area (Å²) >= 11 is 0. The van der Waals surface area contributed by atoms with E-state index in [-0.39, 0.29) is 5.92 Å². The van der Waals surface area contributed by atoms with Crippen molar-refractivity contribution in [3.05, 3.63) is 35.9 Å². The summed E-state index contributed by atoms with van der Waals surface area (Å²) in [6.07, 6.45) is 3.06. The highest BCUT2D eigenvalue weighted by molar-refractivity contribution is 5.80. The molecular formula is C19H24N2O.